The summed E-state index contributed by atoms with van der Waals surface area (Å²) in [4.78, 5) is 11.8. The Morgan fingerprint density at radius 2 is 2.00 bits per heavy atom. The first kappa shape index (κ1) is 12.6. The second-order valence-electron chi connectivity index (χ2n) is 4.97. The summed E-state index contributed by atoms with van der Waals surface area (Å²) in [5.41, 5.74) is 4.74. The van der Waals surface area contributed by atoms with Crippen LogP contribution >= 0.6 is 0 Å². The summed E-state index contributed by atoms with van der Waals surface area (Å²) in [5, 5.41) is -0.434. The third-order valence-electron chi connectivity index (χ3n) is 3.74. The number of nitrogens with two attached hydrogens (primary N) is 1. The SMILES string of the molecule is C=C[C@@H]1C[C@]1(N)C(=O)NS(=O)(=O)C1CCCC1. The fraction of sp³-hybridized carbons (Fsp3) is 0.727. The summed E-state index contributed by atoms with van der Waals surface area (Å²) in [6, 6.07) is 0. The number of amides is 1. The highest BCUT2D eigenvalue weighted by molar-refractivity contribution is 7.90. The van der Waals surface area contributed by atoms with E-state index in [0.29, 0.717) is 19.3 Å². The summed E-state index contributed by atoms with van der Waals surface area (Å²) in [6.07, 6.45) is 5.14. The topological polar surface area (TPSA) is 89.3 Å². The molecule has 5 nitrogen and oxygen atoms in total. The van der Waals surface area contributed by atoms with Crippen LogP contribution in [0, 0.1) is 5.92 Å². The van der Waals surface area contributed by atoms with Gasteiger partial charge >= 0.3 is 0 Å². The Kier molecular flexibility index (Phi) is 3.03. The average Bonchev–Trinajstić information content (AvgIpc) is 2.72. The van der Waals surface area contributed by atoms with Gasteiger partial charge in [-0.25, -0.2) is 8.42 Å². The molecule has 0 heterocycles. The molecule has 0 spiro atoms. The smallest absolute Gasteiger partial charge is 0.254 e. The Morgan fingerprint density at radius 1 is 1.41 bits per heavy atom. The molecule has 0 saturated heterocycles. The van der Waals surface area contributed by atoms with Crippen molar-refractivity contribution in [2.45, 2.75) is 42.9 Å². The standard InChI is InChI=1S/C11H18N2O3S/c1-2-8-7-11(8,12)10(14)13-17(15,16)9-5-3-4-6-9/h2,8-9H,1,3-7,12H2,(H,13,14)/t8-,11-/m1/s1. The Labute approximate surface area is 101 Å². The number of carbonyl (C=O) groups excluding carboxylic acids is 1. The van der Waals surface area contributed by atoms with Gasteiger partial charge in [0.1, 0.15) is 5.54 Å². The van der Waals surface area contributed by atoms with Gasteiger partial charge in [-0.15, -0.1) is 6.58 Å². The molecular formula is C11H18N2O3S. The van der Waals surface area contributed by atoms with E-state index in [-0.39, 0.29) is 5.92 Å². The molecule has 3 N–H and O–H groups in total. The fourth-order valence-corrected chi connectivity index (χ4v) is 3.93. The van der Waals surface area contributed by atoms with Crippen molar-refractivity contribution >= 4 is 15.9 Å². The van der Waals surface area contributed by atoms with Crippen molar-refractivity contribution in [3.63, 3.8) is 0 Å². The first-order valence-electron chi connectivity index (χ1n) is 5.87. The van der Waals surface area contributed by atoms with Crippen LogP contribution in [0.3, 0.4) is 0 Å². The fourth-order valence-electron chi connectivity index (χ4n) is 2.37. The summed E-state index contributed by atoms with van der Waals surface area (Å²) < 4.78 is 25.9. The molecule has 0 aromatic heterocycles. The van der Waals surface area contributed by atoms with Gasteiger partial charge in [0.25, 0.3) is 5.91 Å². The van der Waals surface area contributed by atoms with Gasteiger partial charge < -0.3 is 5.73 Å². The lowest BCUT2D eigenvalue weighted by molar-refractivity contribution is -0.121. The van der Waals surface area contributed by atoms with Gasteiger partial charge in [-0.3, -0.25) is 9.52 Å². The molecule has 0 aliphatic heterocycles. The minimum Gasteiger partial charge on any atom is -0.317 e. The maximum atomic E-state index is 11.9. The average molecular weight is 258 g/mol. The molecule has 0 bridgehead atoms. The van der Waals surface area contributed by atoms with Crippen molar-refractivity contribution in [1.29, 1.82) is 0 Å². The number of sulfonamides is 1. The first-order valence-corrected chi connectivity index (χ1v) is 7.42. The van der Waals surface area contributed by atoms with Gasteiger partial charge in [0, 0.05) is 5.92 Å². The second-order valence-corrected chi connectivity index (χ2v) is 6.93. The zero-order chi connectivity index (χ0) is 12.7. The summed E-state index contributed by atoms with van der Waals surface area (Å²) >= 11 is 0. The molecule has 1 amide bonds. The maximum Gasteiger partial charge on any atom is 0.254 e. The normalized spacial score (nSPS) is 33.4. The van der Waals surface area contributed by atoms with E-state index in [0.717, 1.165) is 12.8 Å². The molecule has 2 rings (SSSR count). The minimum atomic E-state index is -3.55. The van der Waals surface area contributed by atoms with Crippen molar-refractivity contribution < 1.29 is 13.2 Å². The molecule has 0 aromatic rings. The van der Waals surface area contributed by atoms with Gasteiger partial charge in [0.05, 0.1) is 5.25 Å². The molecule has 17 heavy (non-hydrogen) atoms. The highest BCUT2D eigenvalue weighted by Crippen LogP contribution is 2.42. The predicted octanol–water partition coefficient (Wildman–Crippen LogP) is 0.278. The lowest BCUT2D eigenvalue weighted by atomic mass is 10.2. The Hall–Kier alpha value is -0.880. The van der Waals surface area contributed by atoms with Crippen LogP contribution in [0.4, 0.5) is 0 Å². The van der Waals surface area contributed by atoms with E-state index in [1.54, 1.807) is 6.08 Å². The molecule has 2 atom stereocenters. The Balaban J connectivity index is 2.01. The lowest BCUT2D eigenvalue weighted by Crippen LogP contribution is -2.48. The molecular weight excluding hydrogens is 240 g/mol. The lowest BCUT2D eigenvalue weighted by Gasteiger charge is -2.15. The van der Waals surface area contributed by atoms with Crippen LogP contribution in [-0.4, -0.2) is 25.1 Å². The van der Waals surface area contributed by atoms with Gasteiger partial charge in [0.15, 0.2) is 0 Å². The number of hydrogen-bond donors (Lipinski definition) is 2. The molecule has 0 unspecified atom stereocenters. The van der Waals surface area contributed by atoms with E-state index in [2.05, 4.69) is 11.3 Å². The molecule has 0 radical (unpaired) electrons. The minimum absolute atomic E-state index is 0.110. The summed E-state index contributed by atoms with van der Waals surface area (Å²) in [5.74, 6) is -0.699. The summed E-state index contributed by atoms with van der Waals surface area (Å²) in [6.45, 7) is 3.57. The van der Waals surface area contributed by atoms with Crippen LogP contribution in [0.15, 0.2) is 12.7 Å². The van der Waals surface area contributed by atoms with Crippen molar-refractivity contribution in [3.05, 3.63) is 12.7 Å². The zero-order valence-electron chi connectivity index (χ0n) is 9.69. The van der Waals surface area contributed by atoms with E-state index in [9.17, 15) is 13.2 Å². The van der Waals surface area contributed by atoms with Crippen molar-refractivity contribution in [3.8, 4) is 0 Å². The Morgan fingerprint density at radius 3 is 2.47 bits per heavy atom. The van der Waals surface area contributed by atoms with E-state index in [4.69, 9.17) is 5.73 Å². The maximum absolute atomic E-state index is 11.9. The third kappa shape index (κ3) is 2.24. The van der Waals surface area contributed by atoms with Crippen molar-refractivity contribution in [2.24, 2.45) is 11.7 Å². The number of nitrogens with one attached hydrogen (secondary N) is 1. The third-order valence-corrected chi connectivity index (χ3v) is 5.56. The van der Waals surface area contributed by atoms with Gasteiger partial charge in [-0.1, -0.05) is 18.9 Å². The second kappa shape index (κ2) is 4.10. The molecule has 96 valence electrons. The van der Waals surface area contributed by atoms with Crippen molar-refractivity contribution in [1.82, 2.24) is 4.72 Å². The van der Waals surface area contributed by atoms with Crippen LogP contribution in [0.5, 0.6) is 0 Å². The molecule has 0 aromatic carbocycles. The zero-order valence-corrected chi connectivity index (χ0v) is 10.5. The molecule has 6 heteroatoms. The van der Waals surface area contributed by atoms with E-state index in [1.807, 2.05) is 0 Å². The van der Waals surface area contributed by atoms with Crippen LogP contribution in [0.25, 0.3) is 0 Å². The number of hydrogen-bond acceptors (Lipinski definition) is 4. The highest BCUT2D eigenvalue weighted by atomic mass is 32.2. The number of carbonyl (C=O) groups is 1. The molecule has 2 aliphatic carbocycles. The van der Waals surface area contributed by atoms with Crippen LogP contribution in [-0.2, 0) is 14.8 Å². The quantitative estimate of drug-likeness (QED) is 0.709. The van der Waals surface area contributed by atoms with Crippen LogP contribution in [0.1, 0.15) is 32.1 Å². The van der Waals surface area contributed by atoms with Gasteiger partial charge in [0.2, 0.25) is 10.0 Å². The largest absolute Gasteiger partial charge is 0.317 e. The van der Waals surface area contributed by atoms with Gasteiger partial charge in [-0.05, 0) is 19.3 Å². The van der Waals surface area contributed by atoms with Crippen molar-refractivity contribution in [2.75, 3.05) is 0 Å². The molecule has 2 fully saturated rings. The summed E-state index contributed by atoms with van der Waals surface area (Å²) in [7, 11) is -3.55. The van der Waals surface area contributed by atoms with Crippen LogP contribution < -0.4 is 10.5 Å². The highest BCUT2D eigenvalue weighted by Gasteiger charge is 2.56. The monoisotopic (exact) mass is 258 g/mol. The van der Waals surface area contributed by atoms with E-state index >= 15 is 0 Å². The molecule has 2 aliphatic rings. The van der Waals surface area contributed by atoms with E-state index in [1.165, 1.54) is 0 Å². The van der Waals surface area contributed by atoms with Crippen LogP contribution in [0.2, 0.25) is 0 Å². The van der Waals surface area contributed by atoms with Gasteiger partial charge in [-0.2, -0.15) is 0 Å². The van der Waals surface area contributed by atoms with E-state index < -0.39 is 26.7 Å². The Bertz CT molecular complexity index is 440. The molecule has 2 saturated carbocycles. The number of rotatable bonds is 4. The first-order chi connectivity index (χ1) is 7.90. The predicted molar refractivity (Wildman–Crippen MR) is 64.5 cm³/mol.